The molecule has 0 rings (SSSR count). The Morgan fingerprint density at radius 1 is 1.50 bits per heavy atom. The van der Waals surface area contributed by atoms with Crippen LogP contribution < -0.4 is 0 Å². The second kappa shape index (κ2) is 4.37. The summed E-state index contributed by atoms with van der Waals surface area (Å²) in [5.41, 5.74) is 0. The van der Waals surface area contributed by atoms with Crippen LogP contribution in [0.4, 0.5) is 0 Å². The van der Waals surface area contributed by atoms with Gasteiger partial charge in [-0.2, -0.15) is 0 Å². The van der Waals surface area contributed by atoms with Crippen molar-refractivity contribution in [3.63, 3.8) is 0 Å². The van der Waals surface area contributed by atoms with Gasteiger partial charge in [0.1, 0.15) is 6.61 Å². The van der Waals surface area contributed by atoms with E-state index < -0.39 is 11.9 Å². The van der Waals surface area contributed by atoms with Crippen LogP contribution in [0.25, 0.3) is 0 Å². The Hall–Kier alpha value is -1.52. The van der Waals surface area contributed by atoms with Gasteiger partial charge in [-0.1, -0.05) is 0 Å². The second-order valence-electron chi connectivity index (χ2n) is 1.29. The van der Waals surface area contributed by atoms with Gasteiger partial charge in [-0.05, 0) is 6.08 Å². The third-order valence-corrected chi connectivity index (χ3v) is 0.591. The van der Waals surface area contributed by atoms with Gasteiger partial charge in [0.2, 0.25) is 0 Å². The number of carbonyl (C=O) groups excluding carboxylic acids is 1. The average Bonchev–Trinajstić information content (AvgIpc) is 1.88. The number of aliphatic carboxylic acids is 1. The molecule has 0 bridgehead atoms. The van der Waals surface area contributed by atoms with Crippen LogP contribution in [0.5, 0.6) is 0 Å². The van der Waals surface area contributed by atoms with Crippen LogP contribution >= 0.6 is 0 Å². The molecule has 0 aliphatic carbocycles. The number of carboxylic acids is 1. The van der Waals surface area contributed by atoms with Crippen molar-refractivity contribution >= 4 is 11.9 Å². The van der Waals surface area contributed by atoms with Gasteiger partial charge in [-0.25, -0.2) is 9.59 Å². The molecule has 0 aromatic heterocycles. The minimum Gasteiger partial charge on any atom is -0.516 e. The van der Waals surface area contributed by atoms with E-state index >= 15 is 0 Å². The standard InChI is InChI=1S/C5H6O5/c6-2-1-3-10-5(9)4(7)8/h1-2,6H,3H2,(H,7,8). The van der Waals surface area contributed by atoms with Gasteiger partial charge in [0, 0.05) is 0 Å². The van der Waals surface area contributed by atoms with Crippen molar-refractivity contribution in [3.8, 4) is 0 Å². The van der Waals surface area contributed by atoms with Gasteiger partial charge < -0.3 is 14.9 Å². The van der Waals surface area contributed by atoms with Crippen molar-refractivity contribution in [3.05, 3.63) is 12.3 Å². The summed E-state index contributed by atoms with van der Waals surface area (Å²) in [6.45, 7) is -0.234. The normalized spacial score (nSPS) is 9.60. The Morgan fingerprint density at radius 2 is 2.10 bits per heavy atom. The molecule has 0 aliphatic heterocycles. The predicted molar refractivity (Wildman–Crippen MR) is 30.4 cm³/mol. The van der Waals surface area contributed by atoms with E-state index in [9.17, 15) is 9.59 Å². The maximum Gasteiger partial charge on any atom is 0.417 e. The van der Waals surface area contributed by atoms with E-state index in [-0.39, 0.29) is 6.61 Å². The number of rotatable bonds is 2. The molecule has 0 aromatic carbocycles. The van der Waals surface area contributed by atoms with E-state index in [0.29, 0.717) is 6.26 Å². The van der Waals surface area contributed by atoms with Crippen LogP contribution in [-0.2, 0) is 14.3 Å². The van der Waals surface area contributed by atoms with Gasteiger partial charge in [0.25, 0.3) is 0 Å². The van der Waals surface area contributed by atoms with Gasteiger partial charge in [-0.15, -0.1) is 0 Å². The first kappa shape index (κ1) is 8.48. The van der Waals surface area contributed by atoms with Crippen molar-refractivity contribution in [1.82, 2.24) is 0 Å². The highest BCUT2D eigenvalue weighted by Crippen LogP contribution is 1.78. The Labute approximate surface area is 56.5 Å². The summed E-state index contributed by atoms with van der Waals surface area (Å²) in [4.78, 5) is 19.8. The number of aliphatic hydroxyl groups is 1. The molecule has 5 heteroatoms. The fourth-order valence-corrected chi connectivity index (χ4v) is 0.229. The third kappa shape index (κ3) is 3.48. The number of carboxylic acid groups (broad SMARTS) is 1. The Kier molecular flexibility index (Phi) is 3.70. The zero-order valence-electron chi connectivity index (χ0n) is 4.98. The van der Waals surface area contributed by atoms with Gasteiger partial charge >= 0.3 is 11.9 Å². The smallest absolute Gasteiger partial charge is 0.417 e. The van der Waals surface area contributed by atoms with Crippen molar-refractivity contribution < 1.29 is 24.5 Å². The lowest BCUT2D eigenvalue weighted by Gasteiger charge is -1.93. The van der Waals surface area contributed by atoms with Gasteiger partial charge in [-0.3, -0.25) is 0 Å². The fourth-order valence-electron chi connectivity index (χ4n) is 0.229. The minimum absolute atomic E-state index is 0.234. The number of carbonyl (C=O) groups is 2. The van der Waals surface area contributed by atoms with Gasteiger partial charge in [0.05, 0.1) is 6.26 Å². The molecular formula is C5H6O5. The van der Waals surface area contributed by atoms with E-state index in [1.54, 1.807) is 0 Å². The van der Waals surface area contributed by atoms with Crippen LogP contribution in [-0.4, -0.2) is 28.8 Å². The SMILES string of the molecule is O=C(O)C(=O)OCC=CO. The molecule has 0 aromatic rings. The Bertz CT molecular complexity index is 159. The molecule has 0 radical (unpaired) electrons. The van der Waals surface area contributed by atoms with Crippen LogP contribution in [0.1, 0.15) is 0 Å². The summed E-state index contributed by atoms with van der Waals surface area (Å²) in [6, 6.07) is 0. The Balaban J connectivity index is 3.50. The first-order valence-electron chi connectivity index (χ1n) is 2.37. The number of esters is 1. The molecule has 0 saturated heterocycles. The maximum absolute atomic E-state index is 10.1. The van der Waals surface area contributed by atoms with E-state index in [0.717, 1.165) is 6.08 Å². The molecule has 0 unspecified atom stereocenters. The van der Waals surface area contributed by atoms with E-state index in [2.05, 4.69) is 4.74 Å². The largest absolute Gasteiger partial charge is 0.516 e. The lowest BCUT2D eigenvalue weighted by molar-refractivity contribution is -0.163. The van der Waals surface area contributed by atoms with E-state index in [4.69, 9.17) is 10.2 Å². The molecule has 0 amide bonds. The molecule has 0 spiro atoms. The van der Waals surface area contributed by atoms with Crippen LogP contribution in [0.2, 0.25) is 0 Å². The van der Waals surface area contributed by atoms with Crippen LogP contribution in [0.3, 0.4) is 0 Å². The maximum atomic E-state index is 10.1. The lowest BCUT2D eigenvalue weighted by atomic mass is 10.6. The quantitative estimate of drug-likeness (QED) is 0.317. The highest BCUT2D eigenvalue weighted by molar-refractivity contribution is 6.28. The highest BCUT2D eigenvalue weighted by Gasteiger charge is 2.10. The molecule has 10 heavy (non-hydrogen) atoms. The zero-order chi connectivity index (χ0) is 7.98. The molecule has 0 fully saturated rings. The number of hydrogen-bond donors (Lipinski definition) is 2. The molecule has 56 valence electrons. The Morgan fingerprint density at radius 3 is 2.50 bits per heavy atom. The molecule has 2 N–H and O–H groups in total. The summed E-state index contributed by atoms with van der Waals surface area (Å²) in [5.74, 6) is -2.98. The molecule has 0 aliphatic rings. The topological polar surface area (TPSA) is 83.8 Å². The highest BCUT2D eigenvalue weighted by atomic mass is 16.6. The lowest BCUT2D eigenvalue weighted by Crippen LogP contribution is -2.16. The molecule has 0 saturated carbocycles. The number of aliphatic hydroxyl groups excluding tert-OH is 1. The predicted octanol–water partition coefficient (Wildman–Crippen LogP) is -0.314. The molecular weight excluding hydrogens is 140 g/mol. The number of hydrogen-bond acceptors (Lipinski definition) is 4. The van der Waals surface area contributed by atoms with Crippen LogP contribution in [0, 0.1) is 0 Å². The third-order valence-electron chi connectivity index (χ3n) is 0.591. The van der Waals surface area contributed by atoms with E-state index in [1.807, 2.05) is 0 Å². The van der Waals surface area contributed by atoms with Gasteiger partial charge in [0.15, 0.2) is 0 Å². The first-order chi connectivity index (χ1) is 4.68. The second-order valence-corrected chi connectivity index (χ2v) is 1.29. The van der Waals surface area contributed by atoms with Crippen molar-refractivity contribution in [2.45, 2.75) is 0 Å². The molecule has 0 atom stereocenters. The summed E-state index contributed by atoms with van der Waals surface area (Å²) < 4.78 is 4.06. The first-order valence-corrected chi connectivity index (χ1v) is 2.37. The van der Waals surface area contributed by atoms with E-state index in [1.165, 1.54) is 0 Å². The summed E-state index contributed by atoms with van der Waals surface area (Å²) in [7, 11) is 0. The summed E-state index contributed by atoms with van der Waals surface area (Å²) in [6.07, 6.45) is 1.76. The zero-order valence-corrected chi connectivity index (χ0v) is 4.98. The van der Waals surface area contributed by atoms with Crippen LogP contribution in [0.15, 0.2) is 12.3 Å². The summed E-state index contributed by atoms with van der Waals surface area (Å²) in [5, 5.41) is 15.9. The number of ether oxygens (including phenoxy) is 1. The fraction of sp³-hybridized carbons (Fsp3) is 0.200. The summed E-state index contributed by atoms with van der Waals surface area (Å²) >= 11 is 0. The average molecular weight is 146 g/mol. The minimum atomic E-state index is -1.65. The van der Waals surface area contributed by atoms with Crippen molar-refractivity contribution in [2.75, 3.05) is 6.61 Å². The monoisotopic (exact) mass is 146 g/mol. The van der Waals surface area contributed by atoms with Crippen molar-refractivity contribution in [1.29, 1.82) is 0 Å². The van der Waals surface area contributed by atoms with Crippen molar-refractivity contribution in [2.24, 2.45) is 0 Å². The molecule has 0 heterocycles. The molecule has 5 nitrogen and oxygen atoms in total.